The molecule has 0 bridgehead atoms. The number of carbonyl (C=O) groups excluding carboxylic acids is 2. The van der Waals surface area contributed by atoms with Gasteiger partial charge >= 0.3 is 0 Å². The van der Waals surface area contributed by atoms with E-state index < -0.39 is 11.7 Å². The van der Waals surface area contributed by atoms with Crippen molar-refractivity contribution in [2.24, 2.45) is 0 Å². The van der Waals surface area contributed by atoms with Gasteiger partial charge in [-0.1, -0.05) is 35.9 Å². The summed E-state index contributed by atoms with van der Waals surface area (Å²) in [6, 6.07) is 8.93. The fourth-order valence-electron chi connectivity index (χ4n) is 1.94. The van der Waals surface area contributed by atoms with E-state index in [4.69, 9.17) is 11.6 Å². The fourth-order valence-corrected chi connectivity index (χ4v) is 2.21. The number of Topliss-reactive ketones (excluding diaryl/α,β-unsaturated/α-hetero) is 1. The van der Waals surface area contributed by atoms with Crippen molar-refractivity contribution in [1.82, 2.24) is 0 Å². The lowest BCUT2D eigenvalue weighted by Gasteiger charge is -2.05. The number of benzene rings is 2. The van der Waals surface area contributed by atoms with Crippen molar-refractivity contribution in [1.29, 1.82) is 0 Å². The van der Waals surface area contributed by atoms with E-state index >= 15 is 0 Å². The topological polar surface area (TPSA) is 46.2 Å². The number of hydrogen-bond acceptors (Lipinski definition) is 2. The zero-order valence-electron chi connectivity index (χ0n) is 8.08. The molecule has 0 aliphatic carbocycles. The lowest BCUT2D eigenvalue weighted by molar-refractivity contribution is -0.112. The second-order valence-electron chi connectivity index (χ2n) is 3.61. The third-order valence-electron chi connectivity index (χ3n) is 2.68. The van der Waals surface area contributed by atoms with Crippen LogP contribution in [0.15, 0.2) is 30.3 Å². The van der Waals surface area contributed by atoms with E-state index in [0.717, 1.165) is 10.8 Å². The van der Waals surface area contributed by atoms with E-state index in [0.29, 0.717) is 16.3 Å². The second kappa shape index (κ2) is 3.06. The molecule has 0 fully saturated rings. The first-order valence-corrected chi connectivity index (χ1v) is 5.13. The number of nitrogens with one attached hydrogen (secondary N) is 1. The molecule has 0 saturated carbocycles. The monoisotopic (exact) mass is 231 g/mol. The Balaban J connectivity index is 2.47. The van der Waals surface area contributed by atoms with Crippen LogP contribution < -0.4 is 5.32 Å². The van der Waals surface area contributed by atoms with Gasteiger partial charge in [-0.05, 0) is 6.07 Å². The van der Waals surface area contributed by atoms with Crippen molar-refractivity contribution >= 4 is 39.8 Å². The Labute approximate surface area is 96.0 Å². The van der Waals surface area contributed by atoms with Crippen molar-refractivity contribution in [3.05, 3.63) is 40.9 Å². The molecule has 0 atom stereocenters. The summed E-state index contributed by atoms with van der Waals surface area (Å²) in [5.74, 6) is -1.12. The zero-order chi connectivity index (χ0) is 11.3. The Hall–Kier alpha value is -1.87. The molecule has 78 valence electrons. The molecule has 0 saturated heterocycles. The smallest absolute Gasteiger partial charge is 0.296 e. The normalized spacial score (nSPS) is 14.1. The zero-order valence-corrected chi connectivity index (χ0v) is 8.84. The van der Waals surface area contributed by atoms with E-state index in [2.05, 4.69) is 5.32 Å². The summed E-state index contributed by atoms with van der Waals surface area (Å²) in [5, 5.41) is 4.68. The van der Waals surface area contributed by atoms with Gasteiger partial charge in [0.15, 0.2) is 0 Å². The van der Waals surface area contributed by atoms with Crippen LogP contribution in [-0.4, -0.2) is 11.7 Å². The largest absolute Gasteiger partial charge is 0.318 e. The van der Waals surface area contributed by atoms with Crippen LogP contribution in [0.2, 0.25) is 5.02 Å². The van der Waals surface area contributed by atoms with Gasteiger partial charge in [0.2, 0.25) is 0 Å². The first kappa shape index (κ1) is 9.36. The van der Waals surface area contributed by atoms with Crippen LogP contribution in [-0.2, 0) is 4.79 Å². The molecule has 0 unspecified atom stereocenters. The minimum atomic E-state index is -0.595. The molecule has 1 amide bonds. The van der Waals surface area contributed by atoms with Crippen molar-refractivity contribution in [2.45, 2.75) is 0 Å². The maximum absolute atomic E-state index is 11.5. The quantitative estimate of drug-likeness (QED) is 0.709. The Morgan fingerprint density at radius 1 is 1.06 bits per heavy atom. The SMILES string of the molecule is O=C1Nc2c(cc(Cl)c3ccccc23)C1=O. The molecule has 3 nitrogen and oxygen atoms in total. The van der Waals surface area contributed by atoms with Crippen LogP contribution in [0.25, 0.3) is 10.8 Å². The van der Waals surface area contributed by atoms with Crippen molar-refractivity contribution < 1.29 is 9.59 Å². The first-order chi connectivity index (χ1) is 7.68. The van der Waals surface area contributed by atoms with Crippen molar-refractivity contribution in [3.63, 3.8) is 0 Å². The number of fused-ring (bicyclic) bond motifs is 3. The van der Waals surface area contributed by atoms with Crippen LogP contribution in [0.4, 0.5) is 5.69 Å². The minimum Gasteiger partial charge on any atom is -0.318 e. The van der Waals surface area contributed by atoms with Crippen LogP contribution in [0.5, 0.6) is 0 Å². The minimum absolute atomic E-state index is 0.355. The molecule has 1 aliphatic rings. The molecule has 3 rings (SSSR count). The summed E-state index contributed by atoms with van der Waals surface area (Å²) in [5.41, 5.74) is 0.920. The molecule has 16 heavy (non-hydrogen) atoms. The molecule has 0 aromatic heterocycles. The summed E-state index contributed by atoms with van der Waals surface area (Å²) >= 11 is 6.06. The van der Waals surface area contributed by atoms with Gasteiger partial charge in [0.1, 0.15) is 0 Å². The highest BCUT2D eigenvalue weighted by Crippen LogP contribution is 2.36. The predicted molar refractivity (Wildman–Crippen MR) is 61.9 cm³/mol. The van der Waals surface area contributed by atoms with E-state index in [1.807, 2.05) is 24.3 Å². The number of anilines is 1. The first-order valence-electron chi connectivity index (χ1n) is 4.75. The van der Waals surface area contributed by atoms with Gasteiger partial charge in [-0.2, -0.15) is 0 Å². The molecule has 1 heterocycles. The van der Waals surface area contributed by atoms with Crippen molar-refractivity contribution in [2.75, 3.05) is 5.32 Å². The molecule has 1 aliphatic heterocycles. The second-order valence-corrected chi connectivity index (χ2v) is 4.02. The highest BCUT2D eigenvalue weighted by atomic mass is 35.5. The Morgan fingerprint density at radius 3 is 2.50 bits per heavy atom. The summed E-state index contributed by atoms with van der Waals surface area (Å²) in [7, 11) is 0. The summed E-state index contributed by atoms with van der Waals surface area (Å²) in [6.07, 6.45) is 0. The average Bonchev–Trinajstić information content (AvgIpc) is 2.57. The Morgan fingerprint density at radius 2 is 1.75 bits per heavy atom. The van der Waals surface area contributed by atoms with Gasteiger partial charge in [0, 0.05) is 15.8 Å². The summed E-state index contributed by atoms with van der Waals surface area (Å²) in [4.78, 5) is 22.8. The number of hydrogen-bond donors (Lipinski definition) is 1. The van der Waals surface area contributed by atoms with Crippen LogP contribution in [0, 0.1) is 0 Å². The van der Waals surface area contributed by atoms with Crippen LogP contribution in [0.1, 0.15) is 10.4 Å². The molecule has 0 spiro atoms. The number of amides is 1. The van der Waals surface area contributed by atoms with E-state index in [-0.39, 0.29) is 0 Å². The van der Waals surface area contributed by atoms with Gasteiger partial charge in [-0.25, -0.2) is 0 Å². The third kappa shape index (κ3) is 1.09. The third-order valence-corrected chi connectivity index (χ3v) is 3.00. The van der Waals surface area contributed by atoms with Gasteiger partial charge < -0.3 is 5.32 Å². The summed E-state index contributed by atoms with van der Waals surface area (Å²) in [6.45, 7) is 0. The van der Waals surface area contributed by atoms with E-state index in [9.17, 15) is 9.59 Å². The van der Waals surface area contributed by atoms with Gasteiger partial charge in [-0.15, -0.1) is 0 Å². The number of rotatable bonds is 0. The van der Waals surface area contributed by atoms with Gasteiger partial charge in [-0.3, -0.25) is 9.59 Å². The molecule has 0 radical (unpaired) electrons. The van der Waals surface area contributed by atoms with E-state index in [1.165, 1.54) is 0 Å². The van der Waals surface area contributed by atoms with Crippen LogP contribution in [0.3, 0.4) is 0 Å². The summed E-state index contributed by atoms with van der Waals surface area (Å²) < 4.78 is 0. The highest BCUT2D eigenvalue weighted by Gasteiger charge is 2.30. The lowest BCUT2D eigenvalue weighted by atomic mass is 10.0. The van der Waals surface area contributed by atoms with E-state index in [1.54, 1.807) is 6.07 Å². The average molecular weight is 232 g/mol. The molecule has 4 heteroatoms. The molecular weight excluding hydrogens is 226 g/mol. The highest BCUT2D eigenvalue weighted by molar-refractivity contribution is 6.53. The molecule has 2 aromatic carbocycles. The Kier molecular flexibility index (Phi) is 1.79. The number of carbonyl (C=O) groups is 2. The lowest BCUT2D eigenvalue weighted by Crippen LogP contribution is -2.12. The number of ketones is 1. The van der Waals surface area contributed by atoms with Crippen LogP contribution >= 0.6 is 11.6 Å². The maximum Gasteiger partial charge on any atom is 0.296 e. The fraction of sp³-hybridized carbons (Fsp3) is 0. The predicted octanol–water partition coefficient (Wildman–Crippen LogP) is 2.63. The maximum atomic E-state index is 11.5. The number of halogens is 1. The molecular formula is C12H6ClNO2. The van der Waals surface area contributed by atoms with Gasteiger partial charge in [0.05, 0.1) is 11.3 Å². The standard InChI is InChI=1S/C12H6ClNO2/c13-9-5-8-10(14-12(16)11(8)15)7-4-2-1-3-6(7)9/h1-5H,(H,14,15,16). The van der Waals surface area contributed by atoms with Crippen molar-refractivity contribution in [3.8, 4) is 0 Å². The molecule has 2 aromatic rings. The Bertz CT molecular complexity index is 649. The molecule has 1 N–H and O–H groups in total. The van der Waals surface area contributed by atoms with Gasteiger partial charge in [0.25, 0.3) is 11.7 Å².